The number of aliphatic imine (C=N–C) groups is 1. The molecule has 1 heterocycles. The van der Waals surface area contributed by atoms with Crippen LogP contribution in [0.4, 0.5) is 0 Å². The summed E-state index contributed by atoms with van der Waals surface area (Å²) in [5.74, 6) is 0. The van der Waals surface area contributed by atoms with Gasteiger partial charge in [-0.05, 0) is 12.2 Å². The van der Waals surface area contributed by atoms with Crippen molar-refractivity contribution in [2.24, 2.45) is 4.99 Å². The summed E-state index contributed by atoms with van der Waals surface area (Å²) in [6, 6.07) is 0. The average Bonchev–Trinajstić information content (AvgIpc) is 2.28. The molecule has 0 atom stereocenters. The average molecular weight is 227 g/mol. The van der Waals surface area contributed by atoms with Gasteiger partial charge in [0.1, 0.15) is 0 Å². The molecule has 4 N–H and O–H groups in total. The van der Waals surface area contributed by atoms with Gasteiger partial charge in [-0.25, -0.2) is 0 Å². The Labute approximate surface area is 73.1 Å². The van der Waals surface area contributed by atoms with Crippen LogP contribution in [-0.2, 0) is 9.13 Å². The summed E-state index contributed by atoms with van der Waals surface area (Å²) in [5, 5.41) is -2.71. The van der Waals surface area contributed by atoms with Crippen molar-refractivity contribution in [2.45, 2.75) is 5.02 Å². The van der Waals surface area contributed by atoms with E-state index in [1.165, 1.54) is 0 Å². The Morgan fingerprint density at radius 2 is 1.54 bits per heavy atom. The lowest BCUT2D eigenvalue weighted by Gasteiger charge is -2.25. The highest BCUT2D eigenvalue weighted by atomic mass is 31.2. The van der Waals surface area contributed by atoms with Crippen LogP contribution in [-0.4, -0.2) is 30.8 Å². The zero-order chi connectivity index (χ0) is 10.3. The van der Waals surface area contributed by atoms with Gasteiger partial charge in [0.2, 0.25) is 0 Å². The first kappa shape index (κ1) is 10.8. The number of allylic oxidation sites excluding steroid dienone is 1. The first-order chi connectivity index (χ1) is 5.71. The summed E-state index contributed by atoms with van der Waals surface area (Å²) >= 11 is 0. The Morgan fingerprint density at radius 3 is 1.69 bits per heavy atom. The van der Waals surface area contributed by atoms with Crippen molar-refractivity contribution in [2.75, 3.05) is 0 Å². The topological polar surface area (TPSA) is 127 Å². The minimum absolute atomic E-state index is 0.717. The number of hydrogen-bond acceptors (Lipinski definition) is 3. The van der Waals surface area contributed by atoms with Gasteiger partial charge in [-0.3, -0.25) is 14.1 Å². The van der Waals surface area contributed by atoms with E-state index in [1.807, 2.05) is 0 Å². The van der Waals surface area contributed by atoms with E-state index in [0.717, 1.165) is 12.3 Å². The molecule has 9 heteroatoms. The molecule has 0 aliphatic carbocycles. The zero-order valence-electron chi connectivity index (χ0n) is 6.18. The van der Waals surface area contributed by atoms with Crippen molar-refractivity contribution in [1.29, 1.82) is 0 Å². The van der Waals surface area contributed by atoms with Gasteiger partial charge in [0.15, 0.2) is 0 Å². The molecule has 0 saturated carbocycles. The summed E-state index contributed by atoms with van der Waals surface area (Å²) in [6.45, 7) is 0. The Hall–Kier alpha value is -0.290. The summed E-state index contributed by atoms with van der Waals surface area (Å²) in [5.41, 5.74) is 0. The third-order valence-electron chi connectivity index (χ3n) is 1.53. The predicted molar refractivity (Wildman–Crippen MR) is 44.5 cm³/mol. The van der Waals surface area contributed by atoms with Crippen molar-refractivity contribution in [3.63, 3.8) is 0 Å². The van der Waals surface area contributed by atoms with Gasteiger partial charge in [0.05, 0.1) is 0 Å². The maximum Gasteiger partial charge on any atom is 0.369 e. The second-order valence-corrected chi connectivity index (χ2v) is 6.31. The van der Waals surface area contributed by atoms with E-state index in [1.54, 1.807) is 0 Å². The monoisotopic (exact) mass is 227 g/mol. The highest BCUT2D eigenvalue weighted by Crippen LogP contribution is 2.71. The molecule has 0 aromatic rings. The van der Waals surface area contributed by atoms with E-state index in [2.05, 4.69) is 4.99 Å². The SMILES string of the molecule is O=P(O)(O)C1(P(=O)(O)O)C=CC=N1. The highest BCUT2D eigenvalue weighted by molar-refractivity contribution is 7.72. The van der Waals surface area contributed by atoms with Gasteiger partial charge in [-0.2, -0.15) is 0 Å². The normalized spacial score (nSPS) is 20.9. The number of hydrogen-bond donors (Lipinski definition) is 4. The maximum absolute atomic E-state index is 10.8. The lowest BCUT2D eigenvalue weighted by Crippen LogP contribution is -2.21. The fourth-order valence-electron chi connectivity index (χ4n) is 0.882. The molecule has 0 saturated heterocycles. The standard InChI is InChI=1S/C4H7NO6P2/c6-12(7,8)4(13(9,10)11)2-1-3-5-4/h1-3H,(H2,6,7,8)(H2,9,10,11). The molecule has 0 radical (unpaired) electrons. The van der Waals surface area contributed by atoms with Gasteiger partial charge < -0.3 is 19.6 Å². The quantitative estimate of drug-likeness (QED) is 0.477. The first-order valence-electron chi connectivity index (χ1n) is 3.05. The smallest absolute Gasteiger partial charge is 0.322 e. The van der Waals surface area contributed by atoms with Crippen molar-refractivity contribution in [3.8, 4) is 0 Å². The van der Waals surface area contributed by atoms with Gasteiger partial charge in [-0.15, -0.1) is 0 Å². The maximum atomic E-state index is 10.8. The molecule has 1 rings (SSSR count). The van der Waals surface area contributed by atoms with Crippen molar-refractivity contribution in [1.82, 2.24) is 0 Å². The summed E-state index contributed by atoms with van der Waals surface area (Å²) in [6.07, 6.45) is 2.74. The van der Waals surface area contributed by atoms with E-state index < -0.39 is 20.2 Å². The van der Waals surface area contributed by atoms with Crippen LogP contribution in [0.15, 0.2) is 17.1 Å². The minimum atomic E-state index is -5.01. The van der Waals surface area contributed by atoms with Crippen LogP contribution in [0.2, 0.25) is 0 Å². The third-order valence-corrected chi connectivity index (χ3v) is 5.33. The minimum Gasteiger partial charge on any atom is -0.322 e. The van der Waals surface area contributed by atoms with E-state index in [9.17, 15) is 9.13 Å². The molecule has 0 spiro atoms. The molecule has 0 fully saturated rings. The molecule has 0 bridgehead atoms. The third kappa shape index (κ3) is 1.55. The van der Waals surface area contributed by atoms with E-state index >= 15 is 0 Å². The Kier molecular flexibility index (Phi) is 2.37. The van der Waals surface area contributed by atoms with Crippen LogP contribution in [0.3, 0.4) is 0 Å². The Bertz CT molecular complexity index is 325. The van der Waals surface area contributed by atoms with E-state index in [0.29, 0.717) is 6.08 Å². The Balaban J connectivity index is 3.37. The molecule has 0 unspecified atom stereocenters. The molecule has 13 heavy (non-hydrogen) atoms. The highest BCUT2D eigenvalue weighted by Gasteiger charge is 2.59. The molecule has 1 aliphatic heterocycles. The molecule has 7 nitrogen and oxygen atoms in total. The fourth-order valence-corrected chi connectivity index (χ4v) is 3.23. The van der Waals surface area contributed by atoms with Crippen LogP contribution >= 0.6 is 15.2 Å². The zero-order valence-corrected chi connectivity index (χ0v) is 7.97. The second-order valence-electron chi connectivity index (χ2n) is 2.41. The Morgan fingerprint density at radius 1 is 1.08 bits per heavy atom. The molecular weight excluding hydrogens is 220 g/mol. The summed E-state index contributed by atoms with van der Waals surface area (Å²) in [4.78, 5) is 38.2. The van der Waals surface area contributed by atoms with Crippen LogP contribution in [0.25, 0.3) is 0 Å². The molecule has 0 aromatic carbocycles. The van der Waals surface area contributed by atoms with Crippen LogP contribution in [0.5, 0.6) is 0 Å². The van der Waals surface area contributed by atoms with E-state index in [-0.39, 0.29) is 0 Å². The summed E-state index contributed by atoms with van der Waals surface area (Å²) < 4.78 is 21.7. The number of nitrogens with zero attached hydrogens (tertiary/aromatic N) is 1. The predicted octanol–water partition coefficient (Wildman–Crippen LogP) is -0.364. The van der Waals surface area contributed by atoms with Crippen molar-refractivity contribution in [3.05, 3.63) is 12.2 Å². The number of rotatable bonds is 2. The molecule has 0 amide bonds. The molecule has 0 aromatic heterocycles. The largest absolute Gasteiger partial charge is 0.369 e. The van der Waals surface area contributed by atoms with Crippen molar-refractivity contribution < 1.29 is 28.7 Å². The lowest BCUT2D eigenvalue weighted by molar-refractivity contribution is 0.325. The lowest BCUT2D eigenvalue weighted by atomic mass is 10.6. The van der Waals surface area contributed by atoms with Gasteiger partial charge >= 0.3 is 15.2 Å². The van der Waals surface area contributed by atoms with Gasteiger partial charge in [0.25, 0.3) is 5.02 Å². The van der Waals surface area contributed by atoms with Crippen LogP contribution in [0.1, 0.15) is 0 Å². The molecule has 74 valence electrons. The van der Waals surface area contributed by atoms with Crippen LogP contribution in [0, 0.1) is 0 Å². The van der Waals surface area contributed by atoms with E-state index in [4.69, 9.17) is 19.6 Å². The van der Waals surface area contributed by atoms with Crippen molar-refractivity contribution >= 4 is 21.4 Å². The second kappa shape index (κ2) is 2.85. The summed E-state index contributed by atoms with van der Waals surface area (Å²) in [7, 11) is -10.0. The van der Waals surface area contributed by atoms with Gasteiger partial charge in [-0.1, -0.05) is 0 Å². The molecular formula is C4H7NO6P2. The van der Waals surface area contributed by atoms with Gasteiger partial charge in [0, 0.05) is 6.21 Å². The fraction of sp³-hybridized carbons (Fsp3) is 0.250. The molecule has 1 aliphatic rings. The van der Waals surface area contributed by atoms with Crippen LogP contribution < -0.4 is 0 Å². The first-order valence-corrected chi connectivity index (χ1v) is 6.27.